The number of H-pyrrole nitrogens is 1. The van der Waals surface area contributed by atoms with Gasteiger partial charge in [0.1, 0.15) is 12.4 Å². The number of benzene rings is 1. The van der Waals surface area contributed by atoms with Gasteiger partial charge in [-0.25, -0.2) is 23.3 Å². The van der Waals surface area contributed by atoms with Crippen LogP contribution in [0.1, 0.15) is 30.1 Å². The number of esters is 1. The summed E-state index contributed by atoms with van der Waals surface area (Å²) in [5.74, 6) is -0.329. The molecule has 220 valence electrons. The first-order valence-electron chi connectivity index (χ1n) is 12.3. The molecule has 2 unspecified atom stereocenters. The lowest BCUT2D eigenvalue weighted by Gasteiger charge is -2.25. The minimum atomic E-state index is -4.17. The Morgan fingerprint density at radius 2 is 1.95 bits per heavy atom. The first-order valence-corrected chi connectivity index (χ1v) is 15.6. The maximum Gasteiger partial charge on any atom is 0.387 e. The van der Waals surface area contributed by atoms with Gasteiger partial charge in [0.2, 0.25) is 0 Å². The van der Waals surface area contributed by atoms with E-state index in [0.717, 1.165) is 35.2 Å². The number of carbonyl (C=O) groups is 1. The highest BCUT2D eigenvalue weighted by Gasteiger charge is 2.43. The number of ether oxygens (including phenoxy) is 3. The van der Waals surface area contributed by atoms with Gasteiger partial charge in [-0.2, -0.15) is 18.2 Å². The van der Waals surface area contributed by atoms with Gasteiger partial charge in [-0.15, -0.1) is 11.8 Å². The molecule has 1 saturated carbocycles. The van der Waals surface area contributed by atoms with Gasteiger partial charge in [-0.1, -0.05) is 29.3 Å². The standard InChI is InChI=1S/C24H23Cl2F2N5O6S2/c25-16-9-29-10-17(26)15(16)8-19(14-3-4-18(39-23(27)28)20(7-14)37-11-13-1-2-13)38-22(34)21-33(5-6-40-21)41(35,36)24-30-12-31-32-24/h3-4,7,9-10,12-13,19,21,23H,1-2,5-6,8,11H2,(H,30,31,32). The number of hydrogen-bond acceptors (Lipinski definition) is 10. The molecule has 1 aliphatic carbocycles. The van der Waals surface area contributed by atoms with Crippen molar-refractivity contribution in [2.75, 3.05) is 18.9 Å². The molecule has 5 rings (SSSR count). The number of nitrogens with zero attached hydrogens (tertiary/aromatic N) is 4. The van der Waals surface area contributed by atoms with Crippen LogP contribution in [0.5, 0.6) is 11.5 Å². The topological polar surface area (TPSA) is 137 Å². The molecule has 3 aromatic rings. The van der Waals surface area contributed by atoms with Crippen LogP contribution < -0.4 is 9.47 Å². The van der Waals surface area contributed by atoms with Crippen molar-refractivity contribution < 1.29 is 36.2 Å². The Labute approximate surface area is 247 Å². The molecule has 0 radical (unpaired) electrons. The fourth-order valence-electron chi connectivity index (χ4n) is 4.08. The van der Waals surface area contributed by atoms with Crippen LogP contribution in [0.4, 0.5) is 8.78 Å². The third-order valence-electron chi connectivity index (χ3n) is 6.32. The predicted molar refractivity (Wildman–Crippen MR) is 145 cm³/mol. The number of aromatic nitrogens is 4. The molecule has 2 fully saturated rings. The summed E-state index contributed by atoms with van der Waals surface area (Å²) in [6, 6.07) is 4.20. The van der Waals surface area contributed by atoms with Gasteiger partial charge < -0.3 is 14.2 Å². The first-order chi connectivity index (χ1) is 19.6. The van der Waals surface area contributed by atoms with Crippen molar-refractivity contribution in [2.45, 2.75) is 42.5 Å². The summed E-state index contributed by atoms with van der Waals surface area (Å²) < 4.78 is 69.6. The number of aromatic amines is 1. The number of carbonyl (C=O) groups excluding carboxylic acids is 1. The molecule has 1 aromatic carbocycles. The average molecular weight is 651 g/mol. The monoisotopic (exact) mass is 649 g/mol. The zero-order valence-electron chi connectivity index (χ0n) is 21.1. The lowest BCUT2D eigenvalue weighted by atomic mass is 10.0. The second kappa shape index (κ2) is 12.7. The summed E-state index contributed by atoms with van der Waals surface area (Å²) >= 11 is 13.8. The van der Waals surface area contributed by atoms with E-state index >= 15 is 0 Å². The molecule has 2 aliphatic rings. The fraction of sp³-hybridized carbons (Fsp3) is 0.417. The smallest absolute Gasteiger partial charge is 0.387 e. The van der Waals surface area contributed by atoms with E-state index in [-0.39, 0.29) is 34.5 Å². The molecule has 11 nitrogen and oxygen atoms in total. The Balaban J connectivity index is 1.46. The highest BCUT2D eigenvalue weighted by molar-refractivity contribution is 8.02. The SMILES string of the molecule is O=C(OC(Cc1c(Cl)cncc1Cl)c1ccc(OC(F)F)c(OCC2CC2)c1)C1SCCN1S(=O)(=O)c1ncn[nH]1. The molecule has 0 amide bonds. The van der Waals surface area contributed by atoms with E-state index < -0.39 is 39.2 Å². The van der Waals surface area contributed by atoms with E-state index in [1.54, 1.807) is 0 Å². The third kappa shape index (κ3) is 7.02. The summed E-state index contributed by atoms with van der Waals surface area (Å²) in [4.78, 5) is 21.2. The van der Waals surface area contributed by atoms with Gasteiger partial charge >= 0.3 is 12.6 Å². The maximum absolute atomic E-state index is 13.5. The number of alkyl halides is 2. The van der Waals surface area contributed by atoms with Crippen molar-refractivity contribution >= 4 is 51.0 Å². The highest BCUT2D eigenvalue weighted by atomic mass is 35.5. The van der Waals surface area contributed by atoms with Crippen LogP contribution in [0.2, 0.25) is 10.0 Å². The van der Waals surface area contributed by atoms with Crippen molar-refractivity contribution in [2.24, 2.45) is 5.92 Å². The van der Waals surface area contributed by atoms with Gasteiger partial charge in [-0.3, -0.25) is 4.98 Å². The number of nitrogens with one attached hydrogen (secondary N) is 1. The largest absolute Gasteiger partial charge is 0.489 e. The summed E-state index contributed by atoms with van der Waals surface area (Å²) in [6.07, 6.45) is 4.64. The number of rotatable bonds is 12. The molecular formula is C24H23Cl2F2N5O6S2. The summed E-state index contributed by atoms with van der Waals surface area (Å²) in [5.41, 5.74) is 0.780. The molecular weight excluding hydrogens is 627 g/mol. The van der Waals surface area contributed by atoms with E-state index in [4.69, 9.17) is 32.7 Å². The summed E-state index contributed by atoms with van der Waals surface area (Å²) in [7, 11) is -4.17. The Hall–Kier alpha value is -2.72. The van der Waals surface area contributed by atoms with Gasteiger partial charge in [0.05, 0.1) is 16.7 Å². The molecule has 1 saturated heterocycles. The molecule has 1 N–H and O–H groups in total. The zero-order chi connectivity index (χ0) is 29.1. The van der Waals surface area contributed by atoms with Crippen LogP contribution in [0.3, 0.4) is 0 Å². The Morgan fingerprint density at radius 1 is 1.20 bits per heavy atom. The fourth-order valence-corrected chi connectivity index (χ4v) is 7.47. The normalized spacial score (nSPS) is 18.4. The predicted octanol–water partition coefficient (Wildman–Crippen LogP) is 4.49. The third-order valence-corrected chi connectivity index (χ3v) is 9.99. The van der Waals surface area contributed by atoms with Crippen LogP contribution >= 0.6 is 35.0 Å². The van der Waals surface area contributed by atoms with E-state index in [1.807, 2.05) is 0 Å². The minimum absolute atomic E-state index is 0.0325. The molecule has 41 heavy (non-hydrogen) atoms. The molecule has 0 bridgehead atoms. The van der Waals surface area contributed by atoms with E-state index in [2.05, 4.69) is 24.9 Å². The van der Waals surface area contributed by atoms with Crippen molar-refractivity contribution in [1.82, 2.24) is 24.5 Å². The number of thioether (sulfide) groups is 1. The van der Waals surface area contributed by atoms with Crippen molar-refractivity contribution in [3.8, 4) is 11.5 Å². The quantitative estimate of drug-likeness (QED) is 0.279. The molecule has 2 aromatic heterocycles. The van der Waals surface area contributed by atoms with Gasteiger partial charge in [0.15, 0.2) is 16.9 Å². The molecule has 17 heteroatoms. The summed E-state index contributed by atoms with van der Waals surface area (Å²) in [5, 5.41) is 4.69. The Kier molecular flexibility index (Phi) is 9.18. The Morgan fingerprint density at radius 3 is 2.61 bits per heavy atom. The number of pyridine rings is 1. The van der Waals surface area contributed by atoms with Crippen LogP contribution in [-0.2, 0) is 26.0 Å². The lowest BCUT2D eigenvalue weighted by molar-refractivity contribution is -0.150. The van der Waals surface area contributed by atoms with Gasteiger partial charge in [0.25, 0.3) is 15.2 Å². The van der Waals surface area contributed by atoms with Crippen molar-refractivity contribution in [3.63, 3.8) is 0 Å². The second-order valence-corrected chi connectivity index (χ2v) is 13.0. The minimum Gasteiger partial charge on any atom is -0.489 e. The van der Waals surface area contributed by atoms with E-state index in [9.17, 15) is 22.0 Å². The maximum atomic E-state index is 13.5. The molecule has 3 heterocycles. The summed E-state index contributed by atoms with van der Waals surface area (Å²) in [6.45, 7) is -2.73. The van der Waals surface area contributed by atoms with Crippen LogP contribution in [0.15, 0.2) is 42.1 Å². The lowest BCUT2D eigenvalue weighted by Crippen LogP contribution is -2.41. The zero-order valence-corrected chi connectivity index (χ0v) is 24.2. The molecule has 1 aliphatic heterocycles. The van der Waals surface area contributed by atoms with E-state index in [1.165, 1.54) is 30.6 Å². The number of halogens is 4. The van der Waals surface area contributed by atoms with Crippen LogP contribution in [0, 0.1) is 5.92 Å². The van der Waals surface area contributed by atoms with Crippen molar-refractivity contribution in [3.05, 3.63) is 58.1 Å². The number of sulfonamides is 1. The Bertz CT molecular complexity index is 1480. The average Bonchev–Trinajstić information content (AvgIpc) is 3.36. The van der Waals surface area contributed by atoms with Gasteiger partial charge in [-0.05, 0) is 42.0 Å². The van der Waals surface area contributed by atoms with E-state index in [0.29, 0.717) is 29.4 Å². The number of hydrogen-bond donors (Lipinski definition) is 1. The van der Waals surface area contributed by atoms with Crippen LogP contribution in [0.25, 0.3) is 0 Å². The second-order valence-electron chi connectivity index (χ2n) is 9.18. The highest BCUT2D eigenvalue weighted by Crippen LogP contribution is 2.39. The van der Waals surface area contributed by atoms with Crippen LogP contribution in [-0.4, -0.2) is 69.7 Å². The molecule has 2 atom stereocenters. The molecule has 0 spiro atoms. The first kappa shape index (κ1) is 29.8. The van der Waals surface area contributed by atoms with Crippen molar-refractivity contribution in [1.29, 1.82) is 0 Å². The van der Waals surface area contributed by atoms with Gasteiger partial charge in [0, 0.05) is 31.1 Å².